The van der Waals surface area contributed by atoms with Gasteiger partial charge in [-0.3, -0.25) is 4.79 Å². The van der Waals surface area contributed by atoms with Crippen LogP contribution in [0.2, 0.25) is 0 Å². The first-order valence-corrected chi connectivity index (χ1v) is 11.3. The number of hydrogen-bond donors (Lipinski definition) is 0. The molecule has 0 aliphatic carbocycles. The summed E-state index contributed by atoms with van der Waals surface area (Å²) in [5, 5.41) is 0. The van der Waals surface area contributed by atoms with E-state index >= 15 is 0 Å². The van der Waals surface area contributed by atoms with Crippen LogP contribution in [-0.4, -0.2) is 74.6 Å². The van der Waals surface area contributed by atoms with Crippen molar-refractivity contribution in [3.8, 4) is 0 Å². The fourth-order valence-electron chi connectivity index (χ4n) is 2.87. The van der Waals surface area contributed by atoms with Crippen LogP contribution in [0.5, 0.6) is 0 Å². The molecule has 140 valence electrons. The maximum Gasteiger partial charge on any atom is 0.233 e. The molecule has 0 spiro atoms. The topological polar surface area (TPSA) is 57.7 Å². The molecule has 0 bridgehead atoms. The standard InChI is InChI=1S/C18H28N2O3S2/c1-14-5-6-17(11-15(14)2)24-12-18(21)20(9-8-19(3)4)16-7-10-25(22,23)13-16/h5-6,11,16H,7-10,12-13H2,1-4H3/t16-/m0/s1. The third-order valence-electron chi connectivity index (χ3n) is 4.60. The summed E-state index contributed by atoms with van der Waals surface area (Å²) >= 11 is 1.52. The Labute approximate surface area is 155 Å². The summed E-state index contributed by atoms with van der Waals surface area (Å²) in [7, 11) is 0.908. The highest BCUT2D eigenvalue weighted by atomic mass is 32.2. The van der Waals surface area contributed by atoms with Crippen LogP contribution in [0, 0.1) is 13.8 Å². The lowest BCUT2D eigenvalue weighted by molar-refractivity contribution is -0.130. The number of sulfone groups is 1. The van der Waals surface area contributed by atoms with Crippen molar-refractivity contribution in [2.45, 2.75) is 31.2 Å². The third-order valence-corrected chi connectivity index (χ3v) is 7.33. The minimum absolute atomic E-state index is 0.0205. The summed E-state index contributed by atoms with van der Waals surface area (Å²) < 4.78 is 23.6. The van der Waals surface area contributed by atoms with Crippen LogP contribution in [0.3, 0.4) is 0 Å². The minimum atomic E-state index is -3.00. The zero-order chi connectivity index (χ0) is 18.6. The summed E-state index contributed by atoms with van der Waals surface area (Å²) in [5.41, 5.74) is 2.45. The second-order valence-corrected chi connectivity index (χ2v) is 10.3. The summed E-state index contributed by atoms with van der Waals surface area (Å²) in [6, 6.07) is 6.01. The smallest absolute Gasteiger partial charge is 0.233 e. The lowest BCUT2D eigenvalue weighted by Gasteiger charge is -2.29. The fraction of sp³-hybridized carbons (Fsp3) is 0.611. The second-order valence-electron chi connectivity index (χ2n) is 6.98. The molecule has 1 aromatic rings. The minimum Gasteiger partial charge on any atom is -0.337 e. The second kappa shape index (κ2) is 8.56. The molecule has 7 heteroatoms. The molecular formula is C18H28N2O3S2. The lowest BCUT2D eigenvalue weighted by atomic mass is 10.1. The van der Waals surface area contributed by atoms with E-state index < -0.39 is 9.84 Å². The van der Waals surface area contributed by atoms with Crippen LogP contribution in [0.1, 0.15) is 17.5 Å². The van der Waals surface area contributed by atoms with Gasteiger partial charge >= 0.3 is 0 Å². The Bertz CT molecular complexity index is 717. The van der Waals surface area contributed by atoms with Crippen molar-refractivity contribution in [1.29, 1.82) is 0 Å². The first-order valence-electron chi connectivity index (χ1n) is 8.52. The first kappa shape index (κ1) is 20.3. The Hall–Kier alpha value is -1.05. The molecule has 0 unspecified atom stereocenters. The van der Waals surface area contributed by atoms with Crippen molar-refractivity contribution in [2.75, 3.05) is 44.4 Å². The molecule has 1 amide bonds. The number of rotatable bonds is 7. The van der Waals surface area contributed by atoms with Gasteiger partial charge in [-0.05, 0) is 57.6 Å². The predicted molar refractivity (Wildman–Crippen MR) is 104 cm³/mol. The van der Waals surface area contributed by atoms with Gasteiger partial charge in [0.25, 0.3) is 0 Å². The molecule has 1 aliphatic heterocycles. The molecule has 2 rings (SSSR count). The van der Waals surface area contributed by atoms with E-state index in [9.17, 15) is 13.2 Å². The highest BCUT2D eigenvalue weighted by Gasteiger charge is 2.34. The number of hydrogen-bond acceptors (Lipinski definition) is 5. The predicted octanol–water partition coefficient (Wildman–Crippen LogP) is 1.97. The molecule has 1 aromatic carbocycles. The zero-order valence-electron chi connectivity index (χ0n) is 15.5. The average Bonchev–Trinajstić information content (AvgIpc) is 2.88. The van der Waals surface area contributed by atoms with Gasteiger partial charge in [0.15, 0.2) is 9.84 Å². The number of thioether (sulfide) groups is 1. The van der Waals surface area contributed by atoms with Crippen molar-refractivity contribution in [3.05, 3.63) is 29.3 Å². The van der Waals surface area contributed by atoms with Crippen molar-refractivity contribution >= 4 is 27.5 Å². The Morgan fingerprint density at radius 2 is 1.92 bits per heavy atom. The van der Waals surface area contributed by atoms with Gasteiger partial charge in [0.1, 0.15) is 0 Å². The van der Waals surface area contributed by atoms with Gasteiger partial charge in [0.05, 0.1) is 17.3 Å². The quantitative estimate of drug-likeness (QED) is 0.673. The number of carbonyl (C=O) groups is 1. The molecular weight excluding hydrogens is 356 g/mol. The summed E-state index contributed by atoms with van der Waals surface area (Å²) in [4.78, 5) is 17.6. The van der Waals surface area contributed by atoms with Crippen LogP contribution in [0.15, 0.2) is 23.1 Å². The SMILES string of the molecule is Cc1ccc(SCC(=O)N(CCN(C)C)[C@H]2CCS(=O)(=O)C2)cc1C. The van der Waals surface area contributed by atoms with Gasteiger partial charge in [-0.1, -0.05) is 6.07 Å². The normalized spacial score (nSPS) is 19.3. The van der Waals surface area contributed by atoms with E-state index in [0.29, 0.717) is 18.7 Å². The molecule has 0 N–H and O–H groups in total. The number of benzene rings is 1. The highest BCUT2D eigenvalue weighted by Crippen LogP contribution is 2.23. The zero-order valence-corrected chi connectivity index (χ0v) is 17.1. The molecule has 0 radical (unpaired) electrons. The molecule has 5 nitrogen and oxygen atoms in total. The molecule has 1 atom stereocenters. The van der Waals surface area contributed by atoms with Crippen molar-refractivity contribution < 1.29 is 13.2 Å². The Kier molecular flexibility index (Phi) is 6.93. The van der Waals surface area contributed by atoms with Gasteiger partial charge in [-0.15, -0.1) is 11.8 Å². The van der Waals surface area contributed by atoms with Crippen molar-refractivity contribution in [2.24, 2.45) is 0 Å². The number of nitrogens with zero attached hydrogens (tertiary/aromatic N) is 2. The fourth-order valence-corrected chi connectivity index (χ4v) is 5.48. The Balaban J connectivity index is 2.02. The molecule has 1 aliphatic rings. The van der Waals surface area contributed by atoms with E-state index in [1.165, 1.54) is 22.9 Å². The van der Waals surface area contributed by atoms with Crippen LogP contribution in [-0.2, 0) is 14.6 Å². The molecule has 0 aromatic heterocycles. The van der Waals surface area contributed by atoms with E-state index in [1.54, 1.807) is 4.90 Å². The maximum atomic E-state index is 12.8. The molecule has 1 heterocycles. The van der Waals surface area contributed by atoms with Gasteiger partial charge in [0.2, 0.25) is 5.91 Å². The lowest BCUT2D eigenvalue weighted by Crippen LogP contribution is -2.45. The largest absolute Gasteiger partial charge is 0.337 e. The third kappa shape index (κ3) is 6.01. The Morgan fingerprint density at radius 1 is 1.20 bits per heavy atom. The summed E-state index contributed by atoms with van der Waals surface area (Å²) in [5.74, 6) is 0.646. The highest BCUT2D eigenvalue weighted by molar-refractivity contribution is 8.00. The number of carbonyl (C=O) groups excluding carboxylic acids is 1. The Morgan fingerprint density at radius 3 is 2.48 bits per heavy atom. The van der Waals surface area contributed by atoms with Gasteiger partial charge in [-0.2, -0.15) is 0 Å². The molecule has 25 heavy (non-hydrogen) atoms. The van der Waals surface area contributed by atoms with Crippen LogP contribution < -0.4 is 0 Å². The van der Waals surface area contributed by atoms with E-state index in [1.807, 2.05) is 25.1 Å². The van der Waals surface area contributed by atoms with E-state index in [4.69, 9.17) is 0 Å². The van der Waals surface area contributed by atoms with Crippen molar-refractivity contribution in [1.82, 2.24) is 9.80 Å². The van der Waals surface area contributed by atoms with Gasteiger partial charge < -0.3 is 9.80 Å². The number of aryl methyl sites for hydroxylation is 2. The number of amides is 1. The summed E-state index contributed by atoms with van der Waals surface area (Å²) in [6.45, 7) is 5.43. The summed E-state index contributed by atoms with van der Waals surface area (Å²) in [6.07, 6.45) is 0.551. The van der Waals surface area contributed by atoms with E-state index in [2.05, 4.69) is 26.0 Å². The maximum absolute atomic E-state index is 12.8. The van der Waals surface area contributed by atoms with Gasteiger partial charge in [0, 0.05) is 24.0 Å². The molecule has 1 fully saturated rings. The van der Waals surface area contributed by atoms with Crippen molar-refractivity contribution in [3.63, 3.8) is 0 Å². The molecule has 1 saturated heterocycles. The van der Waals surface area contributed by atoms with E-state index in [-0.39, 0.29) is 23.5 Å². The first-order chi connectivity index (χ1) is 11.7. The van der Waals surface area contributed by atoms with Crippen LogP contribution in [0.25, 0.3) is 0 Å². The van der Waals surface area contributed by atoms with Crippen LogP contribution in [0.4, 0.5) is 0 Å². The molecule has 0 saturated carbocycles. The van der Waals surface area contributed by atoms with Gasteiger partial charge in [-0.25, -0.2) is 8.42 Å². The monoisotopic (exact) mass is 384 g/mol. The van der Waals surface area contributed by atoms with E-state index in [0.717, 1.165) is 11.4 Å². The van der Waals surface area contributed by atoms with Crippen LogP contribution >= 0.6 is 11.8 Å². The average molecular weight is 385 g/mol. The number of likely N-dealkylation sites (N-methyl/N-ethyl adjacent to an activating group) is 1.